The molecule has 1 aromatic carbocycles. The second-order valence-electron chi connectivity index (χ2n) is 4.44. The van der Waals surface area contributed by atoms with Crippen molar-refractivity contribution in [2.45, 2.75) is 5.25 Å². The third-order valence-electron chi connectivity index (χ3n) is 2.86. The predicted molar refractivity (Wildman–Crippen MR) is 85.7 cm³/mol. The number of rotatable bonds is 4. The SMILES string of the molecule is O=C(NCC1CSCCS1)Nc1ccc(O)cc1C(=O)O. The summed E-state index contributed by atoms with van der Waals surface area (Å²) >= 11 is 3.70. The molecule has 1 aliphatic heterocycles. The van der Waals surface area contributed by atoms with E-state index in [1.165, 1.54) is 12.1 Å². The first-order valence-electron chi connectivity index (χ1n) is 6.37. The molecule has 1 saturated heterocycles. The number of aromatic carboxylic acids is 1. The summed E-state index contributed by atoms with van der Waals surface area (Å²) in [5.74, 6) is 1.86. The summed E-state index contributed by atoms with van der Waals surface area (Å²) < 4.78 is 0. The Balaban J connectivity index is 1.91. The molecule has 0 aliphatic carbocycles. The molecule has 8 heteroatoms. The van der Waals surface area contributed by atoms with E-state index in [1.807, 2.05) is 23.5 Å². The maximum absolute atomic E-state index is 11.8. The molecule has 21 heavy (non-hydrogen) atoms. The number of hydrogen-bond acceptors (Lipinski definition) is 5. The molecule has 0 saturated carbocycles. The van der Waals surface area contributed by atoms with Crippen molar-refractivity contribution in [2.75, 3.05) is 29.1 Å². The first-order valence-corrected chi connectivity index (χ1v) is 8.57. The number of amides is 2. The highest BCUT2D eigenvalue weighted by molar-refractivity contribution is 8.06. The Labute approximate surface area is 130 Å². The van der Waals surface area contributed by atoms with Crippen molar-refractivity contribution in [1.82, 2.24) is 5.32 Å². The predicted octanol–water partition coefficient (Wildman–Crippen LogP) is 2.06. The van der Waals surface area contributed by atoms with Crippen molar-refractivity contribution < 1.29 is 19.8 Å². The van der Waals surface area contributed by atoms with Crippen LogP contribution in [0.2, 0.25) is 0 Å². The highest BCUT2D eigenvalue weighted by Crippen LogP contribution is 2.23. The Hall–Kier alpha value is -1.54. The number of carbonyl (C=O) groups is 2. The number of thioether (sulfide) groups is 2. The van der Waals surface area contributed by atoms with Crippen molar-refractivity contribution in [3.63, 3.8) is 0 Å². The lowest BCUT2D eigenvalue weighted by Gasteiger charge is -2.21. The van der Waals surface area contributed by atoms with Gasteiger partial charge >= 0.3 is 12.0 Å². The number of carbonyl (C=O) groups excluding carboxylic acids is 1. The van der Waals surface area contributed by atoms with Crippen molar-refractivity contribution >= 4 is 41.2 Å². The van der Waals surface area contributed by atoms with E-state index in [-0.39, 0.29) is 17.0 Å². The van der Waals surface area contributed by atoms with E-state index in [2.05, 4.69) is 10.6 Å². The molecule has 1 fully saturated rings. The molecule has 1 aromatic rings. The molecular formula is C13H16N2O4S2. The van der Waals surface area contributed by atoms with E-state index in [9.17, 15) is 14.7 Å². The highest BCUT2D eigenvalue weighted by atomic mass is 32.2. The molecule has 0 bridgehead atoms. The van der Waals surface area contributed by atoms with Gasteiger partial charge in [0.15, 0.2) is 0 Å². The fourth-order valence-electron chi connectivity index (χ4n) is 1.85. The standard InChI is InChI=1S/C13H16N2O4S2/c16-8-1-2-11(10(5-8)12(17)18)15-13(19)14-6-9-7-20-3-4-21-9/h1-2,5,9,16H,3-4,6-7H2,(H,17,18)(H2,14,15,19). The quantitative estimate of drug-likeness (QED) is 0.632. The summed E-state index contributed by atoms with van der Waals surface area (Å²) in [5, 5.41) is 24.0. The van der Waals surface area contributed by atoms with Crippen LogP contribution in [0.15, 0.2) is 18.2 Å². The van der Waals surface area contributed by atoms with Crippen LogP contribution in [0.1, 0.15) is 10.4 Å². The monoisotopic (exact) mass is 328 g/mol. The van der Waals surface area contributed by atoms with Crippen LogP contribution in [0.3, 0.4) is 0 Å². The number of anilines is 1. The number of carboxylic acids is 1. The van der Waals surface area contributed by atoms with Gasteiger partial charge in [0.25, 0.3) is 0 Å². The zero-order chi connectivity index (χ0) is 15.2. The van der Waals surface area contributed by atoms with Crippen LogP contribution in [0, 0.1) is 0 Å². The second kappa shape index (κ2) is 7.46. The molecule has 1 aliphatic rings. The minimum absolute atomic E-state index is 0.146. The van der Waals surface area contributed by atoms with Gasteiger partial charge in [-0.1, -0.05) is 0 Å². The highest BCUT2D eigenvalue weighted by Gasteiger charge is 2.17. The van der Waals surface area contributed by atoms with Crippen LogP contribution >= 0.6 is 23.5 Å². The Bertz CT molecular complexity index is 533. The molecule has 0 aromatic heterocycles. The van der Waals surface area contributed by atoms with Crippen LogP contribution < -0.4 is 10.6 Å². The van der Waals surface area contributed by atoms with Crippen LogP contribution in [-0.2, 0) is 0 Å². The Morgan fingerprint density at radius 2 is 2.14 bits per heavy atom. The maximum Gasteiger partial charge on any atom is 0.337 e. The Kier molecular flexibility index (Phi) is 5.63. The maximum atomic E-state index is 11.8. The van der Waals surface area contributed by atoms with Gasteiger partial charge in [-0.05, 0) is 18.2 Å². The second-order valence-corrected chi connectivity index (χ2v) is 7.00. The van der Waals surface area contributed by atoms with Crippen LogP contribution in [0.4, 0.5) is 10.5 Å². The number of urea groups is 1. The summed E-state index contributed by atoms with van der Waals surface area (Å²) in [7, 11) is 0. The van der Waals surface area contributed by atoms with Crippen molar-refractivity contribution in [1.29, 1.82) is 0 Å². The van der Waals surface area contributed by atoms with Crippen LogP contribution in [0.5, 0.6) is 5.75 Å². The molecule has 1 unspecified atom stereocenters. The van der Waals surface area contributed by atoms with Crippen molar-refractivity contribution in [3.8, 4) is 5.75 Å². The number of hydrogen-bond donors (Lipinski definition) is 4. The average Bonchev–Trinajstić information content (AvgIpc) is 2.48. The van der Waals surface area contributed by atoms with Crippen LogP contribution in [0.25, 0.3) is 0 Å². The third kappa shape index (κ3) is 4.75. The van der Waals surface area contributed by atoms with E-state index in [1.54, 1.807) is 0 Å². The summed E-state index contributed by atoms with van der Waals surface area (Å²) in [6.45, 7) is 0.546. The minimum Gasteiger partial charge on any atom is -0.508 e. The minimum atomic E-state index is -1.21. The molecule has 114 valence electrons. The molecule has 2 rings (SSSR count). The number of aromatic hydroxyl groups is 1. The smallest absolute Gasteiger partial charge is 0.337 e. The van der Waals surface area contributed by atoms with E-state index >= 15 is 0 Å². The van der Waals surface area contributed by atoms with Gasteiger partial charge in [-0.25, -0.2) is 9.59 Å². The molecule has 0 spiro atoms. The van der Waals surface area contributed by atoms with E-state index in [0.717, 1.165) is 23.3 Å². The fraction of sp³-hybridized carbons (Fsp3) is 0.385. The lowest BCUT2D eigenvalue weighted by molar-refractivity contribution is 0.0697. The number of carboxylic acid groups (broad SMARTS) is 1. The number of nitrogens with one attached hydrogen (secondary N) is 2. The molecule has 2 amide bonds. The fourth-order valence-corrected chi connectivity index (χ4v) is 4.46. The topological polar surface area (TPSA) is 98.7 Å². The van der Waals surface area contributed by atoms with Gasteiger partial charge in [-0.3, -0.25) is 0 Å². The third-order valence-corrected chi connectivity index (χ3v) is 5.70. The number of phenols is 1. The largest absolute Gasteiger partial charge is 0.508 e. The molecule has 4 N–H and O–H groups in total. The average molecular weight is 328 g/mol. The zero-order valence-electron chi connectivity index (χ0n) is 11.2. The lowest BCUT2D eigenvalue weighted by atomic mass is 10.1. The van der Waals surface area contributed by atoms with Crippen molar-refractivity contribution in [3.05, 3.63) is 23.8 Å². The van der Waals surface area contributed by atoms with Gasteiger partial charge < -0.3 is 20.8 Å². The molecule has 1 atom stereocenters. The summed E-state index contributed by atoms with van der Waals surface area (Å²) in [6, 6.07) is 3.35. The first-order chi connectivity index (χ1) is 10.1. The lowest BCUT2D eigenvalue weighted by Crippen LogP contribution is -2.36. The van der Waals surface area contributed by atoms with Gasteiger partial charge in [0.2, 0.25) is 0 Å². The molecule has 0 radical (unpaired) electrons. The summed E-state index contributed by atoms with van der Waals surface area (Å²) in [6.07, 6.45) is 0. The van der Waals surface area contributed by atoms with E-state index < -0.39 is 12.0 Å². The van der Waals surface area contributed by atoms with Gasteiger partial charge in [-0.15, -0.1) is 0 Å². The van der Waals surface area contributed by atoms with Gasteiger partial charge in [0.1, 0.15) is 5.75 Å². The summed E-state index contributed by atoms with van der Waals surface area (Å²) in [5.41, 5.74) is 0.0104. The molecule has 1 heterocycles. The number of benzene rings is 1. The van der Waals surface area contributed by atoms with E-state index in [4.69, 9.17) is 5.11 Å². The van der Waals surface area contributed by atoms with Crippen molar-refractivity contribution in [2.24, 2.45) is 0 Å². The Morgan fingerprint density at radius 1 is 1.33 bits per heavy atom. The normalized spacial score (nSPS) is 18.0. The van der Waals surface area contributed by atoms with Gasteiger partial charge in [-0.2, -0.15) is 23.5 Å². The van der Waals surface area contributed by atoms with Crippen LogP contribution in [-0.4, -0.2) is 51.3 Å². The Morgan fingerprint density at radius 3 is 2.81 bits per heavy atom. The zero-order valence-corrected chi connectivity index (χ0v) is 12.8. The molecule has 6 nitrogen and oxygen atoms in total. The van der Waals surface area contributed by atoms with Gasteiger partial charge in [0.05, 0.1) is 11.3 Å². The summed E-state index contributed by atoms with van der Waals surface area (Å²) in [4.78, 5) is 22.9. The molecular weight excluding hydrogens is 312 g/mol. The first kappa shape index (κ1) is 15.8. The number of phenolic OH excluding ortho intramolecular Hbond substituents is 1. The van der Waals surface area contributed by atoms with E-state index in [0.29, 0.717) is 11.8 Å². The van der Waals surface area contributed by atoms with Gasteiger partial charge in [0, 0.05) is 29.1 Å².